The standard InChI is InChI=1S/C32H44N4O5S/c1-8-41-32(38)36-14-12-35(13-15-36)31(37)29(17-24-10-9-11-25(16-24)20-33)34-42(39,40)30-27(22(4)5)18-26(21(2)3)19-28(30)23(6)7/h9-11,16,18-19,21-23,29,34H,8,12-15,17H2,1-7H3/t29-/m0/s1. The Morgan fingerprint density at radius 2 is 1.50 bits per heavy atom. The molecule has 1 aliphatic heterocycles. The number of carbonyl (C=O) groups is 2. The van der Waals surface area contributed by atoms with Crippen LogP contribution in [0.5, 0.6) is 0 Å². The van der Waals surface area contributed by atoms with Gasteiger partial charge < -0.3 is 14.5 Å². The van der Waals surface area contributed by atoms with Gasteiger partial charge in [0.1, 0.15) is 6.04 Å². The van der Waals surface area contributed by atoms with Gasteiger partial charge in [-0.05, 0) is 65.5 Å². The second-order valence-electron chi connectivity index (χ2n) is 11.7. The molecule has 2 amide bonds. The van der Waals surface area contributed by atoms with Gasteiger partial charge in [0.15, 0.2) is 0 Å². The lowest BCUT2D eigenvalue weighted by Crippen LogP contribution is -2.56. The van der Waals surface area contributed by atoms with E-state index in [1.165, 1.54) is 0 Å². The second-order valence-corrected chi connectivity index (χ2v) is 13.3. The summed E-state index contributed by atoms with van der Waals surface area (Å²) in [6.07, 6.45) is -0.355. The summed E-state index contributed by atoms with van der Waals surface area (Å²) in [6.45, 7) is 15.2. The molecule has 1 N–H and O–H groups in total. The third kappa shape index (κ3) is 7.90. The summed E-state index contributed by atoms with van der Waals surface area (Å²) in [5.74, 6) is -0.282. The molecule has 1 atom stereocenters. The molecule has 0 unspecified atom stereocenters. The summed E-state index contributed by atoms with van der Waals surface area (Å²) < 4.78 is 36.4. The van der Waals surface area contributed by atoms with Gasteiger partial charge in [-0.25, -0.2) is 13.2 Å². The average Bonchev–Trinajstić information content (AvgIpc) is 2.95. The van der Waals surface area contributed by atoms with Crippen molar-refractivity contribution in [2.24, 2.45) is 0 Å². The molecule has 228 valence electrons. The first kappa shape index (κ1) is 33.1. The zero-order valence-electron chi connectivity index (χ0n) is 25.8. The van der Waals surface area contributed by atoms with E-state index < -0.39 is 22.2 Å². The van der Waals surface area contributed by atoms with Crippen LogP contribution in [0.2, 0.25) is 0 Å². The molecule has 0 aliphatic carbocycles. The maximum absolute atomic E-state index is 14.3. The molecule has 0 radical (unpaired) electrons. The van der Waals surface area contributed by atoms with Crippen LogP contribution in [-0.4, -0.2) is 69.0 Å². The molecule has 1 saturated heterocycles. The lowest BCUT2D eigenvalue weighted by Gasteiger charge is -2.36. The number of rotatable bonds is 10. The quantitative estimate of drug-likeness (QED) is 0.407. The first-order valence-electron chi connectivity index (χ1n) is 14.7. The molecular formula is C32H44N4O5S. The van der Waals surface area contributed by atoms with Crippen LogP contribution < -0.4 is 4.72 Å². The summed E-state index contributed by atoms with van der Waals surface area (Å²) in [5.41, 5.74) is 3.61. The molecule has 2 aromatic carbocycles. The highest BCUT2D eigenvalue weighted by atomic mass is 32.2. The highest BCUT2D eigenvalue weighted by Gasteiger charge is 2.35. The molecule has 42 heavy (non-hydrogen) atoms. The van der Waals surface area contributed by atoms with Crippen LogP contribution in [0, 0.1) is 11.3 Å². The lowest BCUT2D eigenvalue weighted by atomic mass is 9.89. The largest absolute Gasteiger partial charge is 0.450 e. The van der Waals surface area contributed by atoms with E-state index in [0.29, 0.717) is 24.2 Å². The summed E-state index contributed by atoms with van der Waals surface area (Å²) in [6, 6.07) is 11.8. The normalized spacial score (nSPS) is 14.8. The minimum Gasteiger partial charge on any atom is -0.450 e. The Balaban J connectivity index is 2.03. The first-order chi connectivity index (χ1) is 19.8. The van der Waals surface area contributed by atoms with Crippen LogP contribution in [0.25, 0.3) is 0 Å². The van der Waals surface area contributed by atoms with Crippen molar-refractivity contribution in [3.63, 3.8) is 0 Å². The maximum atomic E-state index is 14.3. The van der Waals surface area contributed by atoms with E-state index in [1.54, 1.807) is 41.0 Å². The molecule has 0 saturated carbocycles. The predicted molar refractivity (Wildman–Crippen MR) is 163 cm³/mol. The van der Waals surface area contributed by atoms with E-state index in [4.69, 9.17) is 4.74 Å². The molecule has 0 spiro atoms. The van der Waals surface area contributed by atoms with Crippen molar-refractivity contribution in [2.75, 3.05) is 32.8 Å². The Morgan fingerprint density at radius 1 is 0.929 bits per heavy atom. The van der Waals surface area contributed by atoms with Gasteiger partial charge in [0.05, 0.1) is 23.1 Å². The molecule has 0 bridgehead atoms. The second kappa shape index (κ2) is 14.2. The van der Waals surface area contributed by atoms with Crippen molar-refractivity contribution in [3.8, 4) is 6.07 Å². The number of hydrogen-bond donors (Lipinski definition) is 1. The van der Waals surface area contributed by atoms with E-state index in [2.05, 4.69) is 24.6 Å². The monoisotopic (exact) mass is 596 g/mol. The number of hydrogen-bond acceptors (Lipinski definition) is 6. The van der Waals surface area contributed by atoms with Crippen LogP contribution >= 0.6 is 0 Å². The Hall–Kier alpha value is -3.42. The van der Waals surface area contributed by atoms with Crippen LogP contribution in [-0.2, 0) is 26.0 Å². The number of amides is 2. The van der Waals surface area contributed by atoms with E-state index >= 15 is 0 Å². The molecule has 1 heterocycles. The van der Waals surface area contributed by atoms with Crippen molar-refractivity contribution >= 4 is 22.0 Å². The summed E-state index contributed by atoms with van der Waals surface area (Å²) >= 11 is 0. The van der Waals surface area contributed by atoms with Gasteiger partial charge in [-0.1, -0.05) is 65.8 Å². The molecule has 9 nitrogen and oxygen atoms in total. The fraction of sp³-hybridized carbons (Fsp3) is 0.531. The number of ether oxygens (including phenoxy) is 1. The fourth-order valence-corrected chi connectivity index (χ4v) is 7.06. The smallest absolute Gasteiger partial charge is 0.409 e. The van der Waals surface area contributed by atoms with E-state index in [1.807, 2.05) is 39.8 Å². The number of sulfonamides is 1. The Kier molecular flexibility index (Phi) is 11.2. The minimum atomic E-state index is -4.15. The highest BCUT2D eigenvalue weighted by molar-refractivity contribution is 7.89. The molecular weight excluding hydrogens is 552 g/mol. The van der Waals surface area contributed by atoms with E-state index in [0.717, 1.165) is 16.7 Å². The molecule has 0 aromatic heterocycles. The third-order valence-corrected chi connectivity index (χ3v) is 9.16. The van der Waals surface area contributed by atoms with Crippen molar-refractivity contribution in [2.45, 2.75) is 83.6 Å². The van der Waals surface area contributed by atoms with Crippen LogP contribution in [0.3, 0.4) is 0 Å². The van der Waals surface area contributed by atoms with E-state index in [9.17, 15) is 23.3 Å². The number of nitrogens with zero attached hydrogens (tertiary/aromatic N) is 3. The van der Waals surface area contributed by atoms with Gasteiger partial charge >= 0.3 is 6.09 Å². The van der Waals surface area contributed by atoms with Crippen molar-refractivity contribution in [1.82, 2.24) is 14.5 Å². The lowest BCUT2D eigenvalue weighted by molar-refractivity contribution is -0.134. The van der Waals surface area contributed by atoms with Crippen molar-refractivity contribution in [1.29, 1.82) is 5.26 Å². The van der Waals surface area contributed by atoms with Gasteiger partial charge in [0, 0.05) is 26.2 Å². The Morgan fingerprint density at radius 3 is 2.00 bits per heavy atom. The number of nitriles is 1. The highest BCUT2D eigenvalue weighted by Crippen LogP contribution is 2.35. The average molecular weight is 597 g/mol. The van der Waals surface area contributed by atoms with E-state index in [-0.39, 0.29) is 54.7 Å². The first-order valence-corrected chi connectivity index (χ1v) is 16.2. The van der Waals surface area contributed by atoms with Gasteiger partial charge in [-0.2, -0.15) is 9.98 Å². The zero-order chi connectivity index (χ0) is 31.2. The maximum Gasteiger partial charge on any atom is 0.409 e. The topological polar surface area (TPSA) is 120 Å². The van der Waals surface area contributed by atoms with Gasteiger partial charge in [-0.3, -0.25) is 4.79 Å². The molecule has 10 heteroatoms. The Bertz CT molecular complexity index is 1390. The molecule has 3 rings (SSSR count). The van der Waals surface area contributed by atoms with Gasteiger partial charge in [-0.15, -0.1) is 0 Å². The number of benzene rings is 2. The zero-order valence-corrected chi connectivity index (χ0v) is 26.6. The summed E-state index contributed by atoms with van der Waals surface area (Å²) in [5, 5.41) is 9.40. The fourth-order valence-electron chi connectivity index (χ4n) is 5.17. The van der Waals surface area contributed by atoms with Crippen LogP contribution in [0.1, 0.15) is 94.0 Å². The minimum absolute atomic E-state index is 0.0646. The number of piperazine rings is 1. The van der Waals surface area contributed by atoms with Crippen LogP contribution in [0.15, 0.2) is 41.3 Å². The molecule has 1 fully saturated rings. The van der Waals surface area contributed by atoms with Crippen molar-refractivity contribution in [3.05, 3.63) is 64.2 Å². The molecule has 1 aliphatic rings. The summed E-state index contributed by atoms with van der Waals surface area (Å²) in [4.78, 5) is 29.5. The van der Waals surface area contributed by atoms with Crippen LogP contribution in [0.4, 0.5) is 4.79 Å². The number of nitrogens with one attached hydrogen (secondary N) is 1. The third-order valence-electron chi connectivity index (χ3n) is 7.56. The van der Waals surface area contributed by atoms with Gasteiger partial charge in [0.2, 0.25) is 15.9 Å². The Labute approximate surface area is 250 Å². The summed E-state index contributed by atoms with van der Waals surface area (Å²) in [7, 11) is -4.15. The predicted octanol–water partition coefficient (Wildman–Crippen LogP) is 5.12. The van der Waals surface area contributed by atoms with Crippen molar-refractivity contribution < 1.29 is 22.7 Å². The van der Waals surface area contributed by atoms with Gasteiger partial charge in [0.25, 0.3) is 0 Å². The molecule has 2 aromatic rings. The SMILES string of the molecule is CCOC(=O)N1CCN(C(=O)[C@H](Cc2cccc(C#N)c2)NS(=O)(=O)c2c(C(C)C)cc(C(C)C)cc2C(C)C)CC1. The number of carbonyl (C=O) groups excluding carboxylic acids is 2.